The van der Waals surface area contributed by atoms with Crippen molar-refractivity contribution in [2.45, 2.75) is 24.3 Å². The van der Waals surface area contributed by atoms with Crippen molar-refractivity contribution >= 4 is 20.9 Å². The fourth-order valence-corrected chi connectivity index (χ4v) is 6.00. The van der Waals surface area contributed by atoms with Gasteiger partial charge < -0.3 is 4.57 Å². The number of nitrogens with zero attached hydrogens (tertiary/aromatic N) is 2. The van der Waals surface area contributed by atoms with Gasteiger partial charge in [0.05, 0.1) is 11.4 Å². The normalized spacial score (nSPS) is 17.2. The highest BCUT2D eigenvalue weighted by Crippen LogP contribution is 2.41. The number of rotatable bonds is 3. The lowest BCUT2D eigenvalue weighted by Gasteiger charge is -2.33. The van der Waals surface area contributed by atoms with Crippen LogP contribution in [0.25, 0.3) is 10.9 Å². The fourth-order valence-electron chi connectivity index (χ4n) is 4.58. The van der Waals surface area contributed by atoms with Gasteiger partial charge in [-0.1, -0.05) is 66.2 Å². The van der Waals surface area contributed by atoms with Crippen molar-refractivity contribution in [2.24, 2.45) is 7.05 Å². The zero-order valence-corrected chi connectivity index (χ0v) is 17.9. The summed E-state index contributed by atoms with van der Waals surface area (Å²) in [6, 6.07) is 25.7. The Morgan fingerprint density at radius 2 is 1.53 bits per heavy atom. The molecule has 152 valence electrons. The maximum absolute atomic E-state index is 13.5. The van der Waals surface area contributed by atoms with E-state index in [2.05, 4.69) is 34.9 Å². The van der Waals surface area contributed by atoms with Crippen LogP contribution < -0.4 is 0 Å². The molecule has 0 aliphatic carbocycles. The van der Waals surface area contributed by atoms with Crippen LogP contribution in [0.3, 0.4) is 0 Å². The van der Waals surface area contributed by atoms with Crippen LogP contribution >= 0.6 is 0 Å². The summed E-state index contributed by atoms with van der Waals surface area (Å²) in [6.45, 7) is 2.77. The Morgan fingerprint density at radius 1 is 0.867 bits per heavy atom. The molecule has 4 nitrogen and oxygen atoms in total. The molecule has 0 radical (unpaired) electrons. The molecule has 0 unspecified atom stereocenters. The molecule has 1 atom stereocenters. The van der Waals surface area contributed by atoms with Gasteiger partial charge in [0.1, 0.15) is 0 Å². The van der Waals surface area contributed by atoms with E-state index in [4.69, 9.17) is 0 Å². The molecule has 5 heteroatoms. The average molecular weight is 417 g/mol. The Hall–Kier alpha value is -2.89. The first-order chi connectivity index (χ1) is 14.5. The molecule has 0 fully saturated rings. The molecule has 0 saturated carbocycles. The summed E-state index contributed by atoms with van der Waals surface area (Å²) in [5, 5.41) is 1.20. The monoisotopic (exact) mass is 416 g/mol. The van der Waals surface area contributed by atoms with E-state index in [0.717, 1.165) is 22.3 Å². The molecule has 30 heavy (non-hydrogen) atoms. The molecule has 0 bridgehead atoms. The van der Waals surface area contributed by atoms with Crippen LogP contribution in [0.1, 0.15) is 28.3 Å². The summed E-state index contributed by atoms with van der Waals surface area (Å²) in [5.74, 6) is -0.0127. The SMILES string of the molecule is Cc1ccc(S(=O)(=O)N2Cc3c(c4ccccc4n3C)[C@@H](c3ccccc3)C2)cc1. The number of benzene rings is 3. The summed E-state index contributed by atoms with van der Waals surface area (Å²) in [5.41, 5.74) is 5.63. The molecule has 0 spiro atoms. The van der Waals surface area contributed by atoms with Gasteiger partial charge in [-0.3, -0.25) is 0 Å². The Balaban J connectivity index is 1.69. The first-order valence-corrected chi connectivity index (χ1v) is 11.6. The van der Waals surface area contributed by atoms with E-state index in [1.54, 1.807) is 16.4 Å². The number of fused-ring (bicyclic) bond motifs is 3. The minimum Gasteiger partial charge on any atom is -0.346 e. The third-order valence-electron chi connectivity index (χ3n) is 6.19. The Morgan fingerprint density at radius 3 is 2.27 bits per heavy atom. The fraction of sp³-hybridized carbons (Fsp3) is 0.200. The number of hydrogen-bond donors (Lipinski definition) is 0. The van der Waals surface area contributed by atoms with Crippen LogP contribution in [-0.2, 0) is 23.6 Å². The van der Waals surface area contributed by atoms with Crippen molar-refractivity contribution < 1.29 is 8.42 Å². The summed E-state index contributed by atoms with van der Waals surface area (Å²) in [7, 11) is -1.56. The third kappa shape index (κ3) is 2.97. The number of aryl methyl sites for hydroxylation is 2. The number of sulfonamides is 1. The van der Waals surface area contributed by atoms with E-state index in [-0.39, 0.29) is 5.92 Å². The van der Waals surface area contributed by atoms with E-state index in [9.17, 15) is 8.42 Å². The second-order valence-electron chi connectivity index (χ2n) is 8.01. The van der Waals surface area contributed by atoms with Crippen LogP contribution in [0.15, 0.2) is 83.8 Å². The summed E-state index contributed by atoms with van der Waals surface area (Å²) >= 11 is 0. The quantitative estimate of drug-likeness (QED) is 0.480. The predicted molar refractivity (Wildman–Crippen MR) is 120 cm³/mol. The van der Waals surface area contributed by atoms with Crippen molar-refractivity contribution in [3.05, 3.63) is 101 Å². The summed E-state index contributed by atoms with van der Waals surface area (Å²) in [6.07, 6.45) is 0. The zero-order valence-electron chi connectivity index (χ0n) is 17.1. The van der Waals surface area contributed by atoms with E-state index in [1.807, 2.05) is 50.4 Å². The molecule has 2 heterocycles. The van der Waals surface area contributed by atoms with E-state index >= 15 is 0 Å². The Bertz CT molecular complexity index is 1320. The standard InChI is InChI=1S/C25H24N2O2S/c1-18-12-14-20(15-13-18)30(28,29)27-16-22(19-8-4-3-5-9-19)25-21-10-6-7-11-23(21)26(2)24(25)17-27/h3-15,22H,16-17H2,1-2H3/t22-/m1/s1. The Kier molecular flexibility index (Phi) is 4.53. The minimum absolute atomic E-state index is 0.0127. The molecule has 0 amide bonds. The minimum atomic E-state index is -3.60. The second-order valence-corrected chi connectivity index (χ2v) is 9.95. The average Bonchev–Trinajstić information content (AvgIpc) is 3.07. The van der Waals surface area contributed by atoms with Gasteiger partial charge in [-0.25, -0.2) is 8.42 Å². The molecule has 1 aliphatic heterocycles. The topological polar surface area (TPSA) is 42.3 Å². The van der Waals surface area contributed by atoms with Gasteiger partial charge in [0.2, 0.25) is 10.0 Å². The van der Waals surface area contributed by atoms with Gasteiger partial charge in [-0.15, -0.1) is 0 Å². The second kappa shape index (κ2) is 7.11. The lowest BCUT2D eigenvalue weighted by molar-refractivity contribution is 0.364. The molecule has 1 aliphatic rings. The van der Waals surface area contributed by atoms with E-state index in [0.29, 0.717) is 18.0 Å². The summed E-state index contributed by atoms with van der Waals surface area (Å²) < 4.78 is 30.8. The van der Waals surface area contributed by atoms with Crippen molar-refractivity contribution in [1.82, 2.24) is 8.87 Å². The van der Waals surface area contributed by atoms with E-state index < -0.39 is 10.0 Å². The molecule has 3 aromatic carbocycles. The van der Waals surface area contributed by atoms with Gasteiger partial charge in [0, 0.05) is 36.1 Å². The van der Waals surface area contributed by atoms with Crippen LogP contribution in [0, 0.1) is 6.92 Å². The van der Waals surface area contributed by atoms with Gasteiger partial charge in [-0.2, -0.15) is 4.31 Å². The third-order valence-corrected chi connectivity index (χ3v) is 8.02. The van der Waals surface area contributed by atoms with Crippen molar-refractivity contribution in [3.8, 4) is 0 Å². The van der Waals surface area contributed by atoms with Crippen molar-refractivity contribution in [2.75, 3.05) is 6.54 Å². The molecule has 1 aromatic heterocycles. The van der Waals surface area contributed by atoms with Crippen LogP contribution in [0.4, 0.5) is 0 Å². The lowest BCUT2D eigenvalue weighted by Crippen LogP contribution is -2.39. The smallest absolute Gasteiger partial charge is 0.243 e. The van der Waals surface area contributed by atoms with Crippen LogP contribution in [0.2, 0.25) is 0 Å². The highest BCUT2D eigenvalue weighted by atomic mass is 32.2. The first-order valence-electron chi connectivity index (χ1n) is 10.1. The Labute approximate surface area is 177 Å². The molecular weight excluding hydrogens is 392 g/mol. The number of aromatic nitrogens is 1. The highest BCUT2D eigenvalue weighted by Gasteiger charge is 2.37. The predicted octanol–water partition coefficient (Wildman–Crippen LogP) is 4.82. The maximum Gasteiger partial charge on any atom is 0.243 e. The number of hydrogen-bond acceptors (Lipinski definition) is 2. The molecule has 0 saturated heterocycles. The van der Waals surface area contributed by atoms with Gasteiger partial charge >= 0.3 is 0 Å². The van der Waals surface area contributed by atoms with Crippen LogP contribution in [0.5, 0.6) is 0 Å². The molecule has 0 N–H and O–H groups in total. The molecule has 4 aromatic rings. The highest BCUT2D eigenvalue weighted by molar-refractivity contribution is 7.89. The maximum atomic E-state index is 13.5. The largest absolute Gasteiger partial charge is 0.346 e. The zero-order chi connectivity index (χ0) is 20.9. The van der Waals surface area contributed by atoms with E-state index in [1.165, 1.54) is 10.9 Å². The first kappa shape index (κ1) is 19.1. The van der Waals surface area contributed by atoms with Crippen molar-refractivity contribution in [1.29, 1.82) is 0 Å². The molecule has 5 rings (SSSR count). The van der Waals surface area contributed by atoms with Crippen LogP contribution in [-0.4, -0.2) is 23.8 Å². The summed E-state index contributed by atoms with van der Waals surface area (Å²) in [4.78, 5) is 0.349. The van der Waals surface area contributed by atoms with Gasteiger partial charge in [0.15, 0.2) is 0 Å². The van der Waals surface area contributed by atoms with Crippen molar-refractivity contribution in [3.63, 3.8) is 0 Å². The van der Waals surface area contributed by atoms with Gasteiger partial charge in [0.25, 0.3) is 0 Å². The number of para-hydroxylation sites is 1. The van der Waals surface area contributed by atoms with Gasteiger partial charge in [-0.05, 0) is 36.2 Å². The molecular formula is C25H24N2O2S. The lowest BCUT2D eigenvalue weighted by atomic mass is 9.87.